The SMILES string of the molecule is Brc1cc(Br)c([O][Sb]([O]c2c(Br)cc(Br)cc2Br)([c]2ccccc2)([c]2ccccc2)[c]2ccccc2)c(Br)c1. The van der Waals surface area contributed by atoms with Gasteiger partial charge in [-0.1, -0.05) is 0 Å². The van der Waals surface area contributed by atoms with Gasteiger partial charge >= 0.3 is 284 Å². The van der Waals surface area contributed by atoms with Gasteiger partial charge in [-0.2, -0.15) is 0 Å². The molecule has 0 fully saturated rings. The van der Waals surface area contributed by atoms with Crippen molar-refractivity contribution >= 4 is 124 Å². The molecule has 5 rings (SSSR count). The van der Waals surface area contributed by atoms with Crippen LogP contribution in [0.25, 0.3) is 0 Å². The van der Waals surface area contributed by atoms with E-state index in [0.29, 0.717) is 11.5 Å². The van der Waals surface area contributed by atoms with Gasteiger partial charge in [0.1, 0.15) is 0 Å². The summed E-state index contributed by atoms with van der Waals surface area (Å²) in [5, 5.41) is 0. The molecule has 0 aromatic heterocycles. The van der Waals surface area contributed by atoms with Gasteiger partial charge in [0.05, 0.1) is 0 Å². The predicted octanol–water partition coefficient (Wildman–Crippen LogP) is 9.84. The third-order valence-corrected chi connectivity index (χ3v) is 23.0. The van der Waals surface area contributed by atoms with Crippen molar-refractivity contribution in [3.05, 3.63) is 142 Å². The topological polar surface area (TPSA) is 18.5 Å². The number of hydrogen-bond acceptors (Lipinski definition) is 2. The van der Waals surface area contributed by atoms with Crippen molar-refractivity contribution in [3.63, 3.8) is 0 Å². The molecule has 0 aliphatic heterocycles. The van der Waals surface area contributed by atoms with Crippen LogP contribution in [0.4, 0.5) is 0 Å². The van der Waals surface area contributed by atoms with Crippen LogP contribution in [0.3, 0.4) is 0 Å². The summed E-state index contributed by atoms with van der Waals surface area (Å²) in [6.45, 7) is 0. The van der Waals surface area contributed by atoms with Gasteiger partial charge in [0, 0.05) is 0 Å². The first-order valence-corrected chi connectivity index (χ1v) is 22.3. The average molecular weight is 1010 g/mol. The van der Waals surface area contributed by atoms with E-state index in [4.69, 9.17) is 6.03 Å². The minimum absolute atomic E-state index is 0.654. The van der Waals surface area contributed by atoms with E-state index in [1.165, 1.54) is 0 Å². The molecule has 0 atom stereocenters. The number of benzene rings is 5. The molecule has 0 bridgehead atoms. The van der Waals surface area contributed by atoms with Gasteiger partial charge in [-0.3, -0.25) is 0 Å². The van der Waals surface area contributed by atoms with Crippen molar-refractivity contribution in [2.75, 3.05) is 0 Å². The van der Waals surface area contributed by atoms with Crippen molar-refractivity contribution in [1.82, 2.24) is 0 Å². The maximum atomic E-state index is 7.62. The first-order chi connectivity index (χ1) is 18.7. The van der Waals surface area contributed by atoms with Crippen LogP contribution in [-0.2, 0) is 0 Å². The normalized spacial score (nSPS) is 12.4. The first kappa shape index (κ1) is 29.9. The Kier molecular flexibility index (Phi) is 9.44. The first-order valence-electron chi connectivity index (χ1n) is 11.6. The van der Waals surface area contributed by atoms with Crippen LogP contribution in [0.1, 0.15) is 0 Å². The summed E-state index contributed by atoms with van der Waals surface area (Å²) in [4.78, 5) is 0. The van der Waals surface area contributed by atoms with E-state index in [-0.39, 0.29) is 0 Å². The molecule has 0 radical (unpaired) electrons. The minimum atomic E-state index is -5.53. The van der Waals surface area contributed by atoms with Gasteiger partial charge in [0.25, 0.3) is 0 Å². The van der Waals surface area contributed by atoms with Crippen LogP contribution >= 0.6 is 95.6 Å². The Bertz CT molecular complexity index is 1420. The Morgan fingerprint density at radius 1 is 0.385 bits per heavy atom. The molecule has 9 heteroatoms. The van der Waals surface area contributed by atoms with Crippen molar-refractivity contribution in [2.24, 2.45) is 0 Å². The predicted molar refractivity (Wildman–Crippen MR) is 184 cm³/mol. The van der Waals surface area contributed by atoms with E-state index in [1.54, 1.807) is 0 Å². The van der Waals surface area contributed by atoms with Crippen LogP contribution in [0, 0.1) is 0 Å². The molecule has 0 aliphatic rings. The summed E-state index contributed by atoms with van der Waals surface area (Å²) in [6.07, 6.45) is 0. The van der Waals surface area contributed by atoms with Crippen LogP contribution in [-0.4, -0.2) is 18.2 Å². The molecule has 0 spiro atoms. The Morgan fingerprint density at radius 2 is 0.641 bits per heavy atom. The Labute approximate surface area is 280 Å². The molecular formula is C30H19Br6O2Sb. The molecule has 0 aliphatic carbocycles. The van der Waals surface area contributed by atoms with Crippen molar-refractivity contribution < 1.29 is 6.03 Å². The van der Waals surface area contributed by atoms with E-state index >= 15 is 0 Å². The van der Waals surface area contributed by atoms with E-state index < -0.39 is 18.2 Å². The second-order valence-corrected chi connectivity index (χ2v) is 24.7. The van der Waals surface area contributed by atoms with Crippen molar-refractivity contribution in [2.45, 2.75) is 0 Å². The molecule has 5 aromatic carbocycles. The summed E-state index contributed by atoms with van der Waals surface area (Å²) in [6, 6.07) is 38.9. The van der Waals surface area contributed by atoms with Crippen LogP contribution in [0.5, 0.6) is 11.5 Å². The number of hydrogen-bond donors (Lipinski definition) is 0. The van der Waals surface area contributed by atoms with E-state index in [2.05, 4.69) is 132 Å². The van der Waals surface area contributed by atoms with Gasteiger partial charge < -0.3 is 0 Å². The van der Waals surface area contributed by atoms with Crippen molar-refractivity contribution in [3.8, 4) is 11.5 Å². The fourth-order valence-corrected chi connectivity index (χ4v) is 24.5. The molecule has 2 nitrogen and oxygen atoms in total. The van der Waals surface area contributed by atoms with E-state index in [1.807, 2.05) is 78.9 Å². The maximum absolute atomic E-state index is 7.62. The second kappa shape index (κ2) is 12.3. The van der Waals surface area contributed by atoms with Gasteiger partial charge in [0.15, 0.2) is 0 Å². The van der Waals surface area contributed by atoms with Gasteiger partial charge in [-0.15, -0.1) is 0 Å². The molecule has 0 amide bonds. The standard InChI is InChI=1S/2C6H3Br3O.3C6H5.Sb/c2*7-3-1-4(8)6(10)5(9)2-3;3*1-2-4-6-5-3-1;/h2*1-2,10H;3*1-5H;/q;;;;;+2/p-2. The molecule has 0 unspecified atom stereocenters. The fourth-order valence-electron chi connectivity index (χ4n) is 4.46. The van der Waals surface area contributed by atoms with Gasteiger partial charge in [0.2, 0.25) is 0 Å². The molecule has 0 saturated heterocycles. The summed E-state index contributed by atoms with van der Waals surface area (Å²) >= 11 is 16.8. The summed E-state index contributed by atoms with van der Waals surface area (Å²) < 4.78 is 23.2. The molecule has 39 heavy (non-hydrogen) atoms. The Balaban J connectivity index is 2.01. The molecule has 5 aromatic rings. The van der Waals surface area contributed by atoms with Gasteiger partial charge in [-0.25, -0.2) is 0 Å². The Morgan fingerprint density at radius 3 is 0.897 bits per heavy atom. The zero-order valence-electron chi connectivity index (χ0n) is 20.0. The monoisotopic (exact) mass is 1010 g/mol. The third-order valence-electron chi connectivity index (χ3n) is 6.13. The van der Waals surface area contributed by atoms with E-state index in [9.17, 15) is 0 Å². The second-order valence-electron chi connectivity index (χ2n) is 8.54. The van der Waals surface area contributed by atoms with Crippen molar-refractivity contribution in [1.29, 1.82) is 0 Å². The molecule has 0 N–H and O–H groups in total. The summed E-state index contributed by atoms with van der Waals surface area (Å²) in [5.41, 5.74) is 0. The summed E-state index contributed by atoms with van der Waals surface area (Å²) in [7, 11) is 0. The number of rotatable bonds is 7. The average Bonchev–Trinajstić information content (AvgIpc) is 2.93. The molecular weight excluding hydrogens is 994 g/mol. The fraction of sp³-hybridized carbons (Fsp3) is 0. The van der Waals surface area contributed by atoms with Crippen LogP contribution in [0.15, 0.2) is 142 Å². The molecule has 0 heterocycles. The van der Waals surface area contributed by atoms with Crippen LogP contribution in [0.2, 0.25) is 0 Å². The van der Waals surface area contributed by atoms with Crippen LogP contribution < -0.4 is 16.6 Å². The summed E-state index contributed by atoms with van der Waals surface area (Å²) in [5.74, 6) is 1.31. The molecule has 0 saturated carbocycles. The van der Waals surface area contributed by atoms with Gasteiger partial charge in [-0.05, 0) is 0 Å². The Hall–Kier alpha value is -0.602. The quantitative estimate of drug-likeness (QED) is 0.151. The molecule has 198 valence electrons. The third kappa shape index (κ3) is 5.61. The zero-order chi connectivity index (χ0) is 27.6. The number of halogens is 6. The zero-order valence-corrected chi connectivity index (χ0v) is 32.1. The van der Waals surface area contributed by atoms with E-state index in [0.717, 1.165) is 37.4 Å².